The third-order valence-corrected chi connectivity index (χ3v) is 11.6. The summed E-state index contributed by atoms with van der Waals surface area (Å²) in [7, 11) is 0. The second-order valence-corrected chi connectivity index (χ2v) is 14.6. The van der Waals surface area contributed by atoms with Gasteiger partial charge in [0.25, 0.3) is 5.91 Å². The van der Waals surface area contributed by atoms with Gasteiger partial charge < -0.3 is 15.5 Å². The fourth-order valence-corrected chi connectivity index (χ4v) is 9.05. The molecule has 3 fully saturated rings. The summed E-state index contributed by atoms with van der Waals surface area (Å²) in [5, 5.41) is 7.90. The van der Waals surface area contributed by atoms with Crippen molar-refractivity contribution in [3.05, 3.63) is 29.4 Å². The molecule has 226 valence electrons. The van der Waals surface area contributed by atoms with E-state index in [0.29, 0.717) is 29.1 Å². The highest BCUT2D eigenvalue weighted by molar-refractivity contribution is 7.20. The molecule has 0 aromatic carbocycles. The van der Waals surface area contributed by atoms with Crippen molar-refractivity contribution < 1.29 is 9.59 Å². The number of nitrogens with zero attached hydrogens (tertiary/aromatic N) is 2. The molecule has 2 N–H and O–H groups in total. The van der Waals surface area contributed by atoms with Crippen LogP contribution in [0.5, 0.6) is 0 Å². The molecule has 2 aromatic heterocycles. The van der Waals surface area contributed by atoms with Crippen LogP contribution in [0.2, 0.25) is 0 Å². The van der Waals surface area contributed by atoms with Gasteiger partial charge in [-0.05, 0) is 85.8 Å². The zero-order valence-corrected chi connectivity index (χ0v) is 26.3. The topological polar surface area (TPSA) is 74.3 Å². The molecule has 41 heavy (non-hydrogen) atoms. The van der Waals surface area contributed by atoms with E-state index in [9.17, 15) is 9.59 Å². The van der Waals surface area contributed by atoms with Crippen molar-refractivity contribution in [2.24, 2.45) is 23.2 Å². The molecular weight excluding hydrogens is 528 g/mol. The van der Waals surface area contributed by atoms with E-state index in [1.165, 1.54) is 69.1 Å². The molecule has 6 nitrogen and oxygen atoms in total. The van der Waals surface area contributed by atoms with Gasteiger partial charge in [-0.15, -0.1) is 11.3 Å². The summed E-state index contributed by atoms with van der Waals surface area (Å²) in [5.41, 5.74) is 0.339. The van der Waals surface area contributed by atoms with E-state index in [4.69, 9.17) is 0 Å². The maximum atomic E-state index is 13.7. The van der Waals surface area contributed by atoms with Gasteiger partial charge in [-0.1, -0.05) is 65.2 Å². The predicted octanol–water partition coefficient (Wildman–Crippen LogP) is 7.19. The van der Waals surface area contributed by atoms with Gasteiger partial charge in [0.2, 0.25) is 5.91 Å². The van der Waals surface area contributed by atoms with Crippen molar-refractivity contribution >= 4 is 33.2 Å². The lowest BCUT2D eigenvalue weighted by Gasteiger charge is -2.50. The standard InChI is InChI=1S/C34H52N4O2S/c1-25(2)28-23-37-29(22-34(28)15-8-5-3-4-6-9-16-34)33(40)38-19-13-26(14-20-38)11-7-10-17-36-32(39)30-21-27-12-18-35-24-31(27)41-30/h12,18,21,24-26,28-29,37H,3-11,13-17,19-20,22-23H2,1-2H3,(H,36,39). The Morgan fingerprint density at radius 1 is 1.10 bits per heavy atom. The number of nitrogens with one attached hydrogen (secondary N) is 2. The molecule has 1 aliphatic carbocycles. The summed E-state index contributed by atoms with van der Waals surface area (Å²) < 4.78 is 1.05. The number of amides is 2. The number of fused-ring (bicyclic) bond motifs is 1. The molecule has 2 amide bonds. The highest BCUT2D eigenvalue weighted by Gasteiger charge is 2.46. The van der Waals surface area contributed by atoms with Crippen molar-refractivity contribution in [1.29, 1.82) is 0 Å². The number of aromatic nitrogens is 1. The monoisotopic (exact) mass is 580 g/mol. The van der Waals surface area contributed by atoms with Gasteiger partial charge in [0.1, 0.15) is 0 Å². The van der Waals surface area contributed by atoms with Crippen LogP contribution >= 0.6 is 11.3 Å². The van der Waals surface area contributed by atoms with Gasteiger partial charge in [0.05, 0.1) is 15.6 Å². The predicted molar refractivity (Wildman–Crippen MR) is 169 cm³/mol. The molecule has 1 spiro atoms. The number of likely N-dealkylation sites (tertiary alicyclic amines) is 1. The van der Waals surface area contributed by atoms with Crippen LogP contribution in [0, 0.1) is 23.2 Å². The van der Waals surface area contributed by atoms with Crippen molar-refractivity contribution in [3.63, 3.8) is 0 Å². The summed E-state index contributed by atoms with van der Waals surface area (Å²) in [6, 6.07) is 3.91. The lowest BCUT2D eigenvalue weighted by atomic mass is 9.60. The van der Waals surface area contributed by atoms with Crippen LogP contribution in [-0.4, -0.2) is 53.9 Å². The zero-order valence-electron chi connectivity index (χ0n) is 25.5. The van der Waals surface area contributed by atoms with Gasteiger partial charge in [-0.2, -0.15) is 0 Å². The van der Waals surface area contributed by atoms with Crippen molar-refractivity contribution in [3.8, 4) is 0 Å². The molecule has 7 heteroatoms. The van der Waals surface area contributed by atoms with Crippen LogP contribution in [0.15, 0.2) is 24.5 Å². The Kier molecular flexibility index (Phi) is 10.7. The molecule has 5 rings (SSSR count). The van der Waals surface area contributed by atoms with E-state index in [1.807, 2.05) is 18.3 Å². The van der Waals surface area contributed by atoms with Gasteiger partial charge in [0, 0.05) is 32.0 Å². The minimum Gasteiger partial charge on any atom is -0.351 e. The molecule has 2 saturated heterocycles. The normalized spacial score (nSPS) is 24.2. The summed E-state index contributed by atoms with van der Waals surface area (Å²) in [5.74, 6) is 2.42. The molecule has 2 unspecified atom stereocenters. The first-order valence-corrected chi connectivity index (χ1v) is 17.4. The summed E-state index contributed by atoms with van der Waals surface area (Å²) in [6.45, 7) is 8.31. The third-order valence-electron chi connectivity index (χ3n) is 10.5. The zero-order chi connectivity index (χ0) is 28.7. The molecular formula is C34H52N4O2S. The highest BCUT2D eigenvalue weighted by atomic mass is 32.1. The Morgan fingerprint density at radius 2 is 1.83 bits per heavy atom. The molecule has 2 aliphatic heterocycles. The first-order valence-electron chi connectivity index (χ1n) is 16.6. The van der Waals surface area contributed by atoms with Crippen molar-refractivity contribution in [1.82, 2.24) is 20.5 Å². The van der Waals surface area contributed by atoms with E-state index in [-0.39, 0.29) is 11.9 Å². The number of unbranched alkanes of at least 4 members (excludes halogenated alkanes) is 1. The Hall–Kier alpha value is -1.99. The largest absolute Gasteiger partial charge is 0.351 e. The third kappa shape index (κ3) is 7.70. The fraction of sp³-hybridized carbons (Fsp3) is 0.735. The fourth-order valence-electron chi connectivity index (χ4n) is 8.10. The van der Waals surface area contributed by atoms with E-state index in [0.717, 1.165) is 73.2 Å². The average molecular weight is 581 g/mol. The second kappa shape index (κ2) is 14.5. The Bertz CT molecular complexity index is 1100. The maximum Gasteiger partial charge on any atom is 0.261 e. The van der Waals surface area contributed by atoms with Gasteiger partial charge in [-0.3, -0.25) is 14.6 Å². The van der Waals surface area contributed by atoms with E-state index in [2.05, 4.69) is 34.4 Å². The number of pyridine rings is 1. The number of carbonyl (C=O) groups is 2. The van der Waals surface area contributed by atoms with E-state index in [1.54, 1.807) is 6.20 Å². The number of carbonyl (C=O) groups excluding carboxylic acids is 2. The molecule has 4 heterocycles. The Balaban J connectivity index is 1.03. The summed E-state index contributed by atoms with van der Waals surface area (Å²) in [4.78, 5) is 33.4. The quantitative estimate of drug-likeness (QED) is 0.324. The SMILES string of the molecule is CC(C)C1CNC(C(=O)N2CCC(CCCCNC(=O)c3cc4ccncc4s3)CC2)CC12CCCCCCCC2. The lowest BCUT2D eigenvalue weighted by molar-refractivity contribution is -0.138. The molecule has 3 aliphatic rings. The second-order valence-electron chi connectivity index (χ2n) is 13.5. The summed E-state index contributed by atoms with van der Waals surface area (Å²) in [6.07, 6.45) is 21.0. The molecule has 0 bridgehead atoms. The first-order chi connectivity index (χ1) is 19.9. The smallest absolute Gasteiger partial charge is 0.261 e. The minimum absolute atomic E-state index is 0.00288. The van der Waals surface area contributed by atoms with Crippen LogP contribution in [0.1, 0.15) is 113 Å². The van der Waals surface area contributed by atoms with Crippen LogP contribution in [-0.2, 0) is 4.79 Å². The van der Waals surface area contributed by atoms with E-state index >= 15 is 0 Å². The van der Waals surface area contributed by atoms with E-state index < -0.39 is 0 Å². The Labute approximate surface area is 251 Å². The van der Waals surface area contributed by atoms with Crippen LogP contribution in [0.25, 0.3) is 10.1 Å². The van der Waals surface area contributed by atoms with Crippen LogP contribution < -0.4 is 10.6 Å². The van der Waals surface area contributed by atoms with Gasteiger partial charge >= 0.3 is 0 Å². The van der Waals surface area contributed by atoms with Crippen molar-refractivity contribution in [2.45, 2.75) is 110 Å². The minimum atomic E-state index is 0.00288. The van der Waals surface area contributed by atoms with Crippen LogP contribution in [0.4, 0.5) is 0 Å². The highest BCUT2D eigenvalue weighted by Crippen LogP contribution is 2.49. The summed E-state index contributed by atoms with van der Waals surface area (Å²) >= 11 is 1.50. The molecule has 1 saturated carbocycles. The maximum absolute atomic E-state index is 13.7. The van der Waals surface area contributed by atoms with Crippen molar-refractivity contribution in [2.75, 3.05) is 26.2 Å². The first kappa shape index (κ1) is 30.5. The Morgan fingerprint density at radius 3 is 2.54 bits per heavy atom. The number of piperidine rings is 2. The molecule has 2 aromatic rings. The molecule has 2 atom stereocenters. The number of hydrogen-bond acceptors (Lipinski definition) is 5. The van der Waals surface area contributed by atoms with Gasteiger partial charge in [0.15, 0.2) is 0 Å². The van der Waals surface area contributed by atoms with Gasteiger partial charge in [-0.25, -0.2) is 0 Å². The van der Waals surface area contributed by atoms with Crippen LogP contribution in [0.3, 0.4) is 0 Å². The number of rotatable bonds is 8. The lowest BCUT2D eigenvalue weighted by Crippen LogP contribution is -2.58. The number of hydrogen-bond donors (Lipinski definition) is 2. The average Bonchev–Trinajstić information content (AvgIpc) is 3.46. The number of thiophene rings is 1. The molecule has 0 radical (unpaired) electrons.